The molecule has 0 aliphatic heterocycles. The molecule has 6 heteroatoms. The molecule has 4 nitrogen and oxygen atoms in total. The molecule has 0 radical (unpaired) electrons. The van der Waals surface area contributed by atoms with E-state index >= 15 is 0 Å². The van der Waals surface area contributed by atoms with Crippen molar-refractivity contribution in [2.24, 2.45) is 0 Å². The van der Waals surface area contributed by atoms with Gasteiger partial charge in [0, 0.05) is 12.0 Å². The van der Waals surface area contributed by atoms with Crippen molar-refractivity contribution in [3.8, 4) is 0 Å². The zero-order valence-corrected chi connectivity index (χ0v) is 12.6. The van der Waals surface area contributed by atoms with E-state index in [0.29, 0.717) is 6.42 Å². The largest absolute Gasteiger partial charge is 0.391 e. The standard InChI is InChI=1S/C16H16FNO3S/c17-14-8-4-2-6-12(14)10-22(20,21)18-16-13-7-3-1-5-11(13)9-15(16)19/h1-8,15-16,18-19H,9-10H2/t15-,16+/m1/s1. The van der Waals surface area contributed by atoms with E-state index in [1.807, 2.05) is 12.1 Å². The number of aliphatic hydroxyl groups is 1. The zero-order chi connectivity index (χ0) is 15.7. The lowest BCUT2D eigenvalue weighted by atomic mass is 10.1. The minimum absolute atomic E-state index is 0.107. The summed E-state index contributed by atoms with van der Waals surface area (Å²) in [7, 11) is -3.77. The van der Waals surface area contributed by atoms with Crippen LogP contribution in [-0.4, -0.2) is 19.6 Å². The second-order valence-electron chi connectivity index (χ2n) is 5.42. The molecule has 0 unspecified atom stereocenters. The second-order valence-corrected chi connectivity index (χ2v) is 7.17. The van der Waals surface area contributed by atoms with Crippen LogP contribution in [0.15, 0.2) is 48.5 Å². The minimum atomic E-state index is -3.77. The Hall–Kier alpha value is -1.76. The van der Waals surface area contributed by atoms with E-state index in [-0.39, 0.29) is 5.56 Å². The minimum Gasteiger partial charge on any atom is -0.391 e. The van der Waals surface area contributed by atoms with Crippen LogP contribution in [0.3, 0.4) is 0 Å². The van der Waals surface area contributed by atoms with Crippen LogP contribution in [-0.2, 0) is 22.2 Å². The zero-order valence-electron chi connectivity index (χ0n) is 11.7. The fraction of sp³-hybridized carbons (Fsp3) is 0.250. The second kappa shape index (κ2) is 5.79. The highest BCUT2D eigenvalue weighted by Gasteiger charge is 2.33. The predicted molar refractivity (Wildman–Crippen MR) is 81.1 cm³/mol. The Bertz CT molecular complexity index is 791. The summed E-state index contributed by atoms with van der Waals surface area (Å²) in [5.41, 5.74) is 1.80. The van der Waals surface area contributed by atoms with Crippen LogP contribution in [0.1, 0.15) is 22.7 Å². The number of sulfonamides is 1. The Balaban J connectivity index is 1.82. The fourth-order valence-corrected chi connectivity index (χ4v) is 4.17. The van der Waals surface area contributed by atoms with Gasteiger partial charge < -0.3 is 5.11 Å². The summed E-state index contributed by atoms with van der Waals surface area (Å²) in [6.45, 7) is 0. The summed E-state index contributed by atoms with van der Waals surface area (Å²) >= 11 is 0. The van der Waals surface area contributed by atoms with E-state index in [0.717, 1.165) is 11.1 Å². The molecular weight excluding hydrogens is 305 g/mol. The molecule has 2 atom stereocenters. The van der Waals surface area contributed by atoms with Crippen molar-refractivity contribution in [1.82, 2.24) is 4.72 Å². The summed E-state index contributed by atoms with van der Waals surface area (Å²) in [5, 5.41) is 10.1. The number of fused-ring (bicyclic) bond motifs is 1. The van der Waals surface area contributed by atoms with Crippen molar-refractivity contribution >= 4 is 10.0 Å². The smallest absolute Gasteiger partial charge is 0.216 e. The topological polar surface area (TPSA) is 66.4 Å². The maximum absolute atomic E-state index is 13.6. The van der Waals surface area contributed by atoms with Gasteiger partial charge in [-0.1, -0.05) is 42.5 Å². The van der Waals surface area contributed by atoms with Crippen LogP contribution < -0.4 is 4.72 Å². The first-order chi connectivity index (χ1) is 10.5. The summed E-state index contributed by atoms with van der Waals surface area (Å²) in [6, 6.07) is 12.4. The molecule has 22 heavy (non-hydrogen) atoms. The van der Waals surface area contributed by atoms with Gasteiger partial charge in [0.05, 0.1) is 17.9 Å². The lowest BCUT2D eigenvalue weighted by Crippen LogP contribution is -2.34. The molecule has 1 aliphatic rings. The molecule has 0 aromatic heterocycles. The van der Waals surface area contributed by atoms with Crippen LogP contribution >= 0.6 is 0 Å². The molecule has 0 fully saturated rings. The van der Waals surface area contributed by atoms with Gasteiger partial charge in [-0.05, 0) is 17.2 Å². The highest BCUT2D eigenvalue weighted by Crippen LogP contribution is 2.32. The SMILES string of the molecule is O=S(=O)(Cc1ccccc1F)N[C@H]1c2ccccc2C[C@H]1O. The Kier molecular flexibility index (Phi) is 3.99. The van der Waals surface area contributed by atoms with Crippen LogP contribution in [0.4, 0.5) is 4.39 Å². The van der Waals surface area contributed by atoms with Gasteiger partial charge in [-0.15, -0.1) is 0 Å². The molecule has 0 heterocycles. The molecule has 0 saturated heterocycles. The van der Waals surface area contributed by atoms with Crippen molar-refractivity contribution in [2.45, 2.75) is 24.3 Å². The number of hydrogen-bond donors (Lipinski definition) is 2. The number of aliphatic hydroxyl groups excluding tert-OH is 1. The van der Waals surface area contributed by atoms with Crippen molar-refractivity contribution < 1.29 is 17.9 Å². The van der Waals surface area contributed by atoms with E-state index in [1.165, 1.54) is 18.2 Å². The van der Waals surface area contributed by atoms with Gasteiger partial charge in [0.1, 0.15) is 5.82 Å². The Morgan fingerprint density at radius 2 is 1.82 bits per heavy atom. The first-order valence-corrected chi connectivity index (χ1v) is 8.61. The summed E-state index contributed by atoms with van der Waals surface area (Å²) < 4.78 is 40.6. The van der Waals surface area contributed by atoms with E-state index in [2.05, 4.69) is 4.72 Å². The predicted octanol–water partition coefficient (Wildman–Crippen LogP) is 1.90. The highest BCUT2D eigenvalue weighted by molar-refractivity contribution is 7.88. The van der Waals surface area contributed by atoms with Crippen molar-refractivity contribution in [3.63, 3.8) is 0 Å². The van der Waals surface area contributed by atoms with Gasteiger partial charge in [0.15, 0.2) is 0 Å². The molecule has 0 amide bonds. The van der Waals surface area contributed by atoms with Gasteiger partial charge in [-0.3, -0.25) is 0 Å². The lowest BCUT2D eigenvalue weighted by molar-refractivity contribution is 0.151. The van der Waals surface area contributed by atoms with Gasteiger partial charge >= 0.3 is 0 Å². The Morgan fingerprint density at radius 1 is 1.14 bits per heavy atom. The molecule has 0 bridgehead atoms. The van der Waals surface area contributed by atoms with E-state index < -0.39 is 33.7 Å². The maximum atomic E-state index is 13.6. The van der Waals surface area contributed by atoms with Gasteiger partial charge in [-0.2, -0.15) is 0 Å². The molecular formula is C16H16FNO3S. The average molecular weight is 321 g/mol. The van der Waals surface area contributed by atoms with E-state index in [4.69, 9.17) is 0 Å². The van der Waals surface area contributed by atoms with Crippen LogP contribution in [0.5, 0.6) is 0 Å². The van der Waals surface area contributed by atoms with Crippen LogP contribution in [0.2, 0.25) is 0 Å². The summed E-state index contributed by atoms with van der Waals surface area (Å²) in [4.78, 5) is 0. The normalized spacial score (nSPS) is 20.8. The molecule has 2 aromatic carbocycles. The molecule has 1 aliphatic carbocycles. The molecule has 2 aromatic rings. The third-order valence-electron chi connectivity index (χ3n) is 3.81. The van der Waals surface area contributed by atoms with Gasteiger partial charge in [0.25, 0.3) is 0 Å². The number of nitrogens with one attached hydrogen (secondary N) is 1. The highest BCUT2D eigenvalue weighted by atomic mass is 32.2. The van der Waals surface area contributed by atoms with Crippen LogP contribution in [0.25, 0.3) is 0 Å². The Labute approximate surface area is 128 Å². The number of halogens is 1. The van der Waals surface area contributed by atoms with Crippen molar-refractivity contribution in [2.75, 3.05) is 0 Å². The first-order valence-electron chi connectivity index (χ1n) is 6.95. The van der Waals surface area contributed by atoms with Crippen molar-refractivity contribution in [3.05, 3.63) is 71.0 Å². The molecule has 3 rings (SSSR count). The molecule has 0 spiro atoms. The average Bonchev–Trinajstić information content (AvgIpc) is 2.77. The molecule has 0 saturated carbocycles. The van der Waals surface area contributed by atoms with E-state index in [9.17, 15) is 17.9 Å². The molecule has 116 valence electrons. The summed E-state index contributed by atoms with van der Waals surface area (Å²) in [5.74, 6) is -1.01. The number of rotatable bonds is 4. The first kappa shape index (κ1) is 15.1. The number of hydrogen-bond acceptors (Lipinski definition) is 3. The summed E-state index contributed by atoms with van der Waals surface area (Å²) in [6.07, 6.45) is -0.406. The lowest BCUT2D eigenvalue weighted by Gasteiger charge is -2.18. The maximum Gasteiger partial charge on any atom is 0.216 e. The third-order valence-corrected chi connectivity index (χ3v) is 5.12. The number of benzene rings is 2. The molecule has 2 N–H and O–H groups in total. The van der Waals surface area contributed by atoms with Gasteiger partial charge in [0.2, 0.25) is 10.0 Å². The monoisotopic (exact) mass is 321 g/mol. The van der Waals surface area contributed by atoms with E-state index in [1.54, 1.807) is 18.2 Å². The third kappa shape index (κ3) is 3.04. The van der Waals surface area contributed by atoms with Crippen molar-refractivity contribution in [1.29, 1.82) is 0 Å². The fourth-order valence-electron chi connectivity index (χ4n) is 2.77. The van der Waals surface area contributed by atoms with Crippen LogP contribution in [0, 0.1) is 5.82 Å². The van der Waals surface area contributed by atoms with Gasteiger partial charge in [-0.25, -0.2) is 17.5 Å². The Morgan fingerprint density at radius 3 is 2.59 bits per heavy atom. The quantitative estimate of drug-likeness (QED) is 0.904.